The summed E-state index contributed by atoms with van der Waals surface area (Å²) in [5.41, 5.74) is 3.37. The molecule has 0 aromatic carbocycles. The van der Waals surface area contributed by atoms with Crippen LogP contribution in [0.25, 0.3) is 5.52 Å². The van der Waals surface area contributed by atoms with Gasteiger partial charge in [0.1, 0.15) is 9.35 Å². The Bertz CT molecular complexity index is 661. The first kappa shape index (κ1) is 15.3. The number of nitrogens with zero attached hydrogens (tertiary/aromatic N) is 2. The topological polar surface area (TPSA) is 52.4 Å². The van der Waals surface area contributed by atoms with Crippen LogP contribution < -0.4 is 4.72 Å². The maximum absolute atomic E-state index is 12.0. The summed E-state index contributed by atoms with van der Waals surface area (Å²) in [6, 6.07) is 6.42. The van der Waals surface area contributed by atoms with E-state index in [0.717, 1.165) is 21.7 Å². The first-order valence-corrected chi connectivity index (χ1v) is 9.12. The van der Waals surface area contributed by atoms with E-state index < -0.39 is 11.4 Å². The molecule has 0 radical (unpaired) electrons. The molecule has 1 saturated carbocycles. The largest absolute Gasteiger partial charge is 0.598 e. The van der Waals surface area contributed by atoms with Gasteiger partial charge in [0.25, 0.3) is 0 Å². The van der Waals surface area contributed by atoms with E-state index in [2.05, 4.69) is 43.9 Å². The van der Waals surface area contributed by atoms with E-state index in [1.54, 1.807) is 0 Å². The van der Waals surface area contributed by atoms with Gasteiger partial charge in [-0.25, -0.2) is 4.52 Å². The zero-order valence-corrected chi connectivity index (χ0v) is 14.9. The lowest BCUT2D eigenvalue weighted by Gasteiger charge is -2.23. The first-order chi connectivity index (χ1) is 9.84. The van der Waals surface area contributed by atoms with Crippen LogP contribution in [0.5, 0.6) is 0 Å². The van der Waals surface area contributed by atoms with Crippen LogP contribution >= 0.6 is 15.9 Å². The number of hydrogen-bond acceptors (Lipinski definition) is 3. The predicted octanol–water partition coefficient (Wildman–Crippen LogP) is 3.53. The molecule has 1 aliphatic carbocycles. The average Bonchev–Trinajstić information content (AvgIpc) is 3.15. The molecule has 21 heavy (non-hydrogen) atoms. The summed E-state index contributed by atoms with van der Waals surface area (Å²) in [6.45, 7) is 6.38. The molecule has 1 fully saturated rings. The van der Waals surface area contributed by atoms with Crippen LogP contribution in [0.1, 0.15) is 50.8 Å². The van der Waals surface area contributed by atoms with Gasteiger partial charge in [-0.2, -0.15) is 5.10 Å². The second-order valence-corrected chi connectivity index (χ2v) is 9.42. The molecular weight excluding hydrogens is 350 g/mol. The van der Waals surface area contributed by atoms with Crippen molar-refractivity contribution in [3.8, 4) is 0 Å². The van der Waals surface area contributed by atoms with Gasteiger partial charge in [0.2, 0.25) is 0 Å². The van der Waals surface area contributed by atoms with Crippen molar-refractivity contribution < 1.29 is 4.55 Å². The van der Waals surface area contributed by atoms with Gasteiger partial charge in [-0.1, -0.05) is 0 Å². The van der Waals surface area contributed by atoms with E-state index in [1.807, 2.05) is 25.3 Å². The number of rotatable bonds is 4. The second-order valence-electron chi connectivity index (χ2n) is 6.56. The molecule has 2 aromatic heterocycles. The fourth-order valence-corrected chi connectivity index (χ4v) is 3.49. The highest BCUT2D eigenvalue weighted by Crippen LogP contribution is 2.41. The van der Waals surface area contributed by atoms with Crippen molar-refractivity contribution in [1.29, 1.82) is 0 Å². The summed E-state index contributed by atoms with van der Waals surface area (Å²) >= 11 is 2.51. The Morgan fingerprint density at radius 1 is 1.38 bits per heavy atom. The van der Waals surface area contributed by atoms with Gasteiger partial charge in [0.15, 0.2) is 0 Å². The molecule has 1 atom stereocenters. The number of halogens is 1. The van der Waals surface area contributed by atoms with Crippen molar-refractivity contribution in [3.05, 3.63) is 34.1 Å². The van der Waals surface area contributed by atoms with Crippen molar-refractivity contribution in [2.75, 3.05) is 0 Å². The van der Waals surface area contributed by atoms with Crippen molar-refractivity contribution in [2.24, 2.45) is 0 Å². The minimum Gasteiger partial charge on any atom is -0.598 e. The number of hydrogen-bond donors (Lipinski definition) is 1. The number of nitrogens with one attached hydrogen (secondary N) is 1. The molecule has 0 aliphatic heterocycles. The maximum atomic E-state index is 12.0. The zero-order valence-electron chi connectivity index (χ0n) is 12.5. The van der Waals surface area contributed by atoms with Gasteiger partial charge < -0.3 is 4.55 Å². The number of fused-ring (bicyclic) bond motifs is 1. The summed E-state index contributed by atoms with van der Waals surface area (Å²) in [5.74, 6) is 0.719. The summed E-state index contributed by atoms with van der Waals surface area (Å²) in [7, 11) is 0. The molecule has 1 aliphatic rings. The van der Waals surface area contributed by atoms with Gasteiger partial charge in [-0.15, -0.1) is 4.72 Å². The Morgan fingerprint density at radius 3 is 2.71 bits per heavy atom. The molecule has 114 valence electrons. The molecule has 3 rings (SSSR count). The van der Waals surface area contributed by atoms with Crippen molar-refractivity contribution in [2.45, 2.75) is 50.8 Å². The highest BCUT2D eigenvalue weighted by Gasteiger charge is 2.27. The van der Waals surface area contributed by atoms with E-state index >= 15 is 0 Å². The lowest BCUT2D eigenvalue weighted by atomic mass is 10.1. The molecule has 0 saturated heterocycles. The van der Waals surface area contributed by atoms with E-state index in [9.17, 15) is 4.55 Å². The number of aromatic nitrogens is 2. The minimum absolute atomic E-state index is 0.265. The molecule has 1 N–H and O–H groups in total. The Balaban J connectivity index is 1.79. The third-order valence-corrected chi connectivity index (χ3v) is 5.66. The van der Waals surface area contributed by atoms with Crippen LogP contribution in [-0.2, 0) is 17.9 Å². The van der Waals surface area contributed by atoms with Crippen molar-refractivity contribution in [3.63, 3.8) is 0 Å². The molecular formula is C15H20BrN3OS. The molecule has 0 bridgehead atoms. The van der Waals surface area contributed by atoms with E-state index in [4.69, 9.17) is 0 Å². The summed E-state index contributed by atoms with van der Waals surface area (Å²) in [5, 5.41) is 4.56. The summed E-state index contributed by atoms with van der Waals surface area (Å²) in [4.78, 5) is 0. The Labute approximate surface area is 136 Å². The molecule has 6 heteroatoms. The zero-order chi connectivity index (χ0) is 15.2. The average molecular weight is 370 g/mol. The van der Waals surface area contributed by atoms with Crippen LogP contribution in [0.2, 0.25) is 0 Å². The molecule has 0 amide bonds. The van der Waals surface area contributed by atoms with E-state index in [-0.39, 0.29) is 4.75 Å². The fourth-order valence-electron chi connectivity index (χ4n) is 2.23. The smallest absolute Gasteiger partial charge is 0.136 e. The third kappa shape index (κ3) is 3.44. The van der Waals surface area contributed by atoms with Crippen molar-refractivity contribution >= 4 is 32.8 Å². The van der Waals surface area contributed by atoms with Crippen LogP contribution in [-0.4, -0.2) is 18.9 Å². The van der Waals surface area contributed by atoms with Gasteiger partial charge in [0, 0.05) is 11.4 Å². The Hall–Kier alpha value is -0.560. The van der Waals surface area contributed by atoms with Gasteiger partial charge >= 0.3 is 0 Å². The van der Waals surface area contributed by atoms with Crippen LogP contribution in [0.15, 0.2) is 22.8 Å². The lowest BCUT2D eigenvalue weighted by molar-refractivity contribution is 0.543. The Kier molecular flexibility index (Phi) is 4.07. The molecule has 2 aromatic rings. The van der Waals surface area contributed by atoms with E-state index in [1.165, 1.54) is 18.4 Å². The monoisotopic (exact) mass is 369 g/mol. The molecule has 1 unspecified atom stereocenters. The van der Waals surface area contributed by atoms with Crippen molar-refractivity contribution in [1.82, 2.24) is 14.3 Å². The van der Waals surface area contributed by atoms with E-state index in [0.29, 0.717) is 6.54 Å². The fraction of sp³-hybridized carbons (Fsp3) is 0.533. The van der Waals surface area contributed by atoms with Gasteiger partial charge in [-0.05, 0) is 79.2 Å². The Morgan fingerprint density at radius 2 is 2.10 bits per heavy atom. The second kappa shape index (κ2) is 5.57. The van der Waals surface area contributed by atoms with Crippen LogP contribution in [0, 0.1) is 0 Å². The highest BCUT2D eigenvalue weighted by atomic mass is 79.9. The minimum atomic E-state index is -1.08. The molecule has 0 spiro atoms. The maximum Gasteiger partial charge on any atom is 0.136 e. The highest BCUT2D eigenvalue weighted by molar-refractivity contribution is 9.10. The molecule has 4 nitrogen and oxygen atoms in total. The van der Waals surface area contributed by atoms with Gasteiger partial charge in [0.05, 0.1) is 17.8 Å². The number of pyridine rings is 1. The van der Waals surface area contributed by atoms with Gasteiger partial charge in [-0.3, -0.25) is 0 Å². The quantitative estimate of drug-likeness (QED) is 0.662. The normalized spacial score (nSPS) is 17.4. The lowest BCUT2D eigenvalue weighted by Crippen LogP contribution is -2.39. The summed E-state index contributed by atoms with van der Waals surface area (Å²) in [6.07, 6.45) is 2.57. The third-order valence-electron chi connectivity index (χ3n) is 3.58. The first-order valence-electron chi connectivity index (χ1n) is 7.18. The summed E-state index contributed by atoms with van der Waals surface area (Å²) < 4.78 is 17.7. The van der Waals surface area contributed by atoms with Crippen LogP contribution in [0.3, 0.4) is 0 Å². The SMILES string of the molecule is CC(C)(C)[S+]([O-])NCc1cc2cc(C3CC3)cc(Br)n2n1. The van der Waals surface area contributed by atoms with Crippen LogP contribution in [0.4, 0.5) is 0 Å². The standard InChI is InChI=1S/C15H20BrN3OS/c1-15(2,3)21(20)17-9-12-8-13-6-11(10-4-5-10)7-14(16)19(13)18-12/h6-8,10,17H,4-5,9H2,1-3H3. The predicted molar refractivity (Wildman–Crippen MR) is 89.6 cm³/mol. The molecule has 2 heterocycles.